The molecule has 1 aliphatic rings. The second kappa shape index (κ2) is 8.06. The lowest BCUT2D eigenvalue weighted by Gasteiger charge is -2.21. The topological polar surface area (TPSA) is 71.1 Å². The van der Waals surface area contributed by atoms with Gasteiger partial charge >= 0.3 is 0 Å². The summed E-state index contributed by atoms with van der Waals surface area (Å²) in [6.07, 6.45) is 2.55. The Kier molecular flexibility index (Phi) is 5.52. The molecule has 1 aliphatic heterocycles. The molecule has 0 fully saturated rings. The fourth-order valence-corrected chi connectivity index (χ4v) is 4.81. The number of benzene rings is 2. The zero-order valence-electron chi connectivity index (χ0n) is 14.9. The molecule has 5 nitrogen and oxygen atoms in total. The predicted molar refractivity (Wildman–Crippen MR) is 117 cm³/mol. The third-order valence-electron chi connectivity index (χ3n) is 4.24. The van der Waals surface area contributed by atoms with Crippen LogP contribution in [0.3, 0.4) is 0 Å². The average molecular weight is 474 g/mol. The summed E-state index contributed by atoms with van der Waals surface area (Å²) in [6.45, 7) is 1.86. The minimum Gasteiger partial charge on any atom is -0.324 e. The molecule has 3 aromatic rings. The summed E-state index contributed by atoms with van der Waals surface area (Å²) >= 11 is 6.38. The molecule has 0 spiro atoms. The molecule has 0 saturated carbocycles. The number of amides is 2. The quantitative estimate of drug-likeness (QED) is 0.547. The maximum atomic E-state index is 12.6. The van der Waals surface area contributed by atoms with E-state index in [0.717, 1.165) is 20.7 Å². The van der Waals surface area contributed by atoms with Gasteiger partial charge in [0.2, 0.25) is 5.91 Å². The van der Waals surface area contributed by atoms with Gasteiger partial charge in [-0.15, -0.1) is 23.1 Å². The number of carbonyl (C=O) groups excluding carboxylic acids is 2. The number of halogens is 1. The van der Waals surface area contributed by atoms with E-state index in [2.05, 4.69) is 43.7 Å². The van der Waals surface area contributed by atoms with Gasteiger partial charge in [0.25, 0.3) is 5.91 Å². The first kappa shape index (κ1) is 19.2. The molecule has 0 aliphatic carbocycles. The monoisotopic (exact) mass is 473 g/mol. The molecular weight excluding hydrogens is 458 g/mol. The second-order valence-electron chi connectivity index (χ2n) is 6.35. The number of rotatable bonds is 4. The van der Waals surface area contributed by atoms with Crippen LogP contribution in [0.4, 0.5) is 10.8 Å². The van der Waals surface area contributed by atoms with Crippen LogP contribution in [0, 0.1) is 0 Å². The second-order valence-corrected chi connectivity index (χ2v) is 9.76. The molecule has 4 rings (SSSR count). The van der Waals surface area contributed by atoms with Crippen LogP contribution in [0.1, 0.15) is 27.7 Å². The van der Waals surface area contributed by atoms with Crippen molar-refractivity contribution in [3.8, 4) is 0 Å². The van der Waals surface area contributed by atoms with Gasteiger partial charge in [-0.05, 0) is 42.8 Å². The fourth-order valence-electron chi connectivity index (χ4n) is 2.77. The summed E-state index contributed by atoms with van der Waals surface area (Å²) < 4.78 is 1.04. The molecule has 1 aromatic heterocycles. The van der Waals surface area contributed by atoms with Crippen LogP contribution in [0.25, 0.3) is 0 Å². The molecule has 8 heteroatoms. The van der Waals surface area contributed by atoms with Crippen molar-refractivity contribution in [2.75, 3.05) is 10.6 Å². The number of fused-ring (bicyclic) bond motifs is 1. The van der Waals surface area contributed by atoms with E-state index in [-0.39, 0.29) is 17.1 Å². The van der Waals surface area contributed by atoms with Crippen LogP contribution in [0.15, 0.2) is 58.0 Å². The van der Waals surface area contributed by atoms with Crippen molar-refractivity contribution in [3.05, 3.63) is 69.1 Å². The van der Waals surface area contributed by atoms with Gasteiger partial charge in [0.15, 0.2) is 5.13 Å². The van der Waals surface area contributed by atoms with Crippen LogP contribution in [0.2, 0.25) is 0 Å². The molecule has 0 radical (unpaired) electrons. The van der Waals surface area contributed by atoms with Gasteiger partial charge in [-0.1, -0.05) is 28.1 Å². The molecule has 0 bridgehead atoms. The third-order valence-corrected chi connectivity index (χ3v) is 6.86. The lowest BCUT2D eigenvalue weighted by Crippen LogP contribution is -2.26. The summed E-state index contributed by atoms with van der Waals surface area (Å²) in [4.78, 5) is 30.8. The number of thioether (sulfide) groups is 1. The van der Waals surface area contributed by atoms with E-state index < -0.39 is 0 Å². The highest BCUT2D eigenvalue weighted by molar-refractivity contribution is 9.10. The van der Waals surface area contributed by atoms with Gasteiger partial charge in [-0.2, -0.15) is 0 Å². The van der Waals surface area contributed by atoms with Gasteiger partial charge in [0.1, 0.15) is 0 Å². The Morgan fingerprint density at radius 1 is 1.25 bits per heavy atom. The minimum atomic E-state index is -0.245. The molecule has 28 heavy (non-hydrogen) atoms. The van der Waals surface area contributed by atoms with Crippen molar-refractivity contribution in [1.29, 1.82) is 0 Å². The lowest BCUT2D eigenvalue weighted by atomic mass is 10.1. The van der Waals surface area contributed by atoms with Crippen LogP contribution in [0.5, 0.6) is 0 Å². The molecule has 2 aromatic carbocycles. The Labute approximate surface area is 179 Å². The van der Waals surface area contributed by atoms with E-state index in [1.807, 2.05) is 25.1 Å². The first-order valence-corrected chi connectivity index (χ1v) is 11.1. The molecule has 2 N–H and O–H groups in total. The number of hydrogen-bond acceptors (Lipinski definition) is 5. The lowest BCUT2D eigenvalue weighted by molar-refractivity contribution is -0.115. The summed E-state index contributed by atoms with van der Waals surface area (Å²) in [5, 5.41) is 6.11. The van der Waals surface area contributed by atoms with Gasteiger partial charge in [-0.25, -0.2) is 4.98 Å². The molecule has 1 unspecified atom stereocenters. The highest BCUT2D eigenvalue weighted by Crippen LogP contribution is 2.36. The Balaban J connectivity index is 1.44. The number of nitrogens with zero attached hydrogens (tertiary/aromatic N) is 1. The standard InChI is InChI=1S/C20H16BrN3O2S2/c1-11-18(25)23-16-9-13(4-7-17(16)27-11)19(26)24-20-22-10-15(28-20)8-12-2-5-14(21)6-3-12/h2-7,9-11H,8H2,1H3,(H,23,25)(H,22,24,26). The highest BCUT2D eigenvalue weighted by atomic mass is 79.9. The van der Waals surface area contributed by atoms with Gasteiger partial charge in [0, 0.05) is 32.4 Å². The largest absolute Gasteiger partial charge is 0.324 e. The van der Waals surface area contributed by atoms with Crippen molar-refractivity contribution in [2.45, 2.75) is 23.5 Å². The van der Waals surface area contributed by atoms with Crippen LogP contribution >= 0.6 is 39.0 Å². The van der Waals surface area contributed by atoms with Crippen molar-refractivity contribution >= 4 is 61.7 Å². The Hall–Kier alpha value is -2.16. The summed E-state index contributed by atoms with van der Waals surface area (Å²) in [5.41, 5.74) is 2.34. The van der Waals surface area contributed by atoms with Crippen molar-refractivity contribution < 1.29 is 9.59 Å². The maximum Gasteiger partial charge on any atom is 0.257 e. The third kappa shape index (κ3) is 4.29. The van der Waals surface area contributed by atoms with Crippen LogP contribution < -0.4 is 10.6 Å². The molecular formula is C20H16BrN3O2S2. The SMILES string of the molecule is CC1Sc2ccc(C(=O)Nc3ncc(Cc4ccc(Br)cc4)s3)cc2NC1=O. The summed E-state index contributed by atoms with van der Waals surface area (Å²) in [7, 11) is 0. The number of thiazole rings is 1. The number of aromatic nitrogens is 1. The van der Waals surface area contributed by atoms with E-state index >= 15 is 0 Å². The van der Waals surface area contributed by atoms with E-state index in [9.17, 15) is 9.59 Å². The first-order chi connectivity index (χ1) is 13.5. The van der Waals surface area contributed by atoms with Gasteiger partial charge < -0.3 is 5.32 Å². The van der Waals surface area contributed by atoms with E-state index in [1.54, 1.807) is 18.3 Å². The Morgan fingerprint density at radius 2 is 2.04 bits per heavy atom. The normalized spacial score (nSPS) is 15.6. The minimum absolute atomic E-state index is 0.0486. The Bertz CT molecular complexity index is 1050. The molecule has 142 valence electrons. The van der Waals surface area contributed by atoms with Crippen molar-refractivity contribution in [3.63, 3.8) is 0 Å². The van der Waals surface area contributed by atoms with Gasteiger partial charge in [-0.3, -0.25) is 14.9 Å². The summed E-state index contributed by atoms with van der Waals surface area (Å²) in [5.74, 6) is -0.294. The predicted octanol–water partition coefficient (Wildman–Crippen LogP) is 5.18. The van der Waals surface area contributed by atoms with Crippen molar-refractivity contribution in [2.24, 2.45) is 0 Å². The fraction of sp³-hybridized carbons (Fsp3) is 0.150. The zero-order chi connectivity index (χ0) is 19.7. The maximum absolute atomic E-state index is 12.6. The van der Waals surface area contributed by atoms with E-state index in [4.69, 9.17) is 0 Å². The molecule has 2 heterocycles. The average Bonchev–Trinajstić information content (AvgIpc) is 3.11. The van der Waals surface area contributed by atoms with E-state index in [0.29, 0.717) is 16.4 Å². The molecule has 2 amide bonds. The number of carbonyl (C=O) groups is 2. The summed E-state index contributed by atoms with van der Waals surface area (Å²) in [6, 6.07) is 13.5. The van der Waals surface area contributed by atoms with Crippen LogP contribution in [-0.4, -0.2) is 22.0 Å². The molecule has 1 atom stereocenters. The molecule has 0 saturated heterocycles. The number of hydrogen-bond donors (Lipinski definition) is 2. The smallest absolute Gasteiger partial charge is 0.257 e. The first-order valence-electron chi connectivity index (χ1n) is 8.60. The number of anilines is 2. The zero-order valence-corrected chi connectivity index (χ0v) is 18.1. The van der Waals surface area contributed by atoms with Crippen LogP contribution in [-0.2, 0) is 11.2 Å². The van der Waals surface area contributed by atoms with Gasteiger partial charge in [0.05, 0.1) is 10.9 Å². The number of nitrogens with one attached hydrogen (secondary N) is 2. The Morgan fingerprint density at radius 3 is 2.82 bits per heavy atom. The van der Waals surface area contributed by atoms with E-state index in [1.165, 1.54) is 28.7 Å². The highest BCUT2D eigenvalue weighted by Gasteiger charge is 2.23. The van der Waals surface area contributed by atoms with Crippen molar-refractivity contribution in [1.82, 2.24) is 4.98 Å².